The highest BCUT2D eigenvalue weighted by Crippen LogP contribution is 2.49. The maximum Gasteiger partial charge on any atom is 0.339 e. The molecule has 1 aromatic carbocycles. The lowest BCUT2D eigenvalue weighted by molar-refractivity contribution is 0.200. The van der Waals surface area contributed by atoms with Crippen molar-refractivity contribution in [2.24, 2.45) is 0 Å². The van der Waals surface area contributed by atoms with Gasteiger partial charge in [0.1, 0.15) is 6.61 Å². The summed E-state index contributed by atoms with van der Waals surface area (Å²) in [5, 5.41) is 0. The second-order valence-corrected chi connectivity index (χ2v) is 10.7. The van der Waals surface area contributed by atoms with Crippen molar-refractivity contribution in [3.8, 4) is 0 Å². The summed E-state index contributed by atoms with van der Waals surface area (Å²) in [6.45, 7) is -0.0746. The Bertz CT molecular complexity index is 670. The van der Waals surface area contributed by atoms with Gasteiger partial charge in [0, 0.05) is 12.1 Å². The largest absolute Gasteiger partial charge is 0.339 e. The summed E-state index contributed by atoms with van der Waals surface area (Å²) in [7, 11) is -3.95. The molecule has 1 saturated carbocycles. The Kier molecular flexibility index (Phi) is 5.41. The number of nitrogens with zero attached hydrogens (tertiary/aromatic N) is 1. The fourth-order valence-corrected chi connectivity index (χ4v) is 5.89. The summed E-state index contributed by atoms with van der Waals surface area (Å²) in [4.78, 5) is 0. The van der Waals surface area contributed by atoms with Gasteiger partial charge in [0.05, 0.1) is 0 Å². The molecule has 1 atom stereocenters. The van der Waals surface area contributed by atoms with Crippen molar-refractivity contribution in [3.05, 3.63) is 35.9 Å². The van der Waals surface area contributed by atoms with Crippen LogP contribution in [0, 0.1) is 0 Å². The van der Waals surface area contributed by atoms with Crippen molar-refractivity contribution in [2.45, 2.75) is 47.4 Å². The van der Waals surface area contributed by atoms with Gasteiger partial charge in [0.2, 0.25) is 3.79 Å². The first-order valence-corrected chi connectivity index (χ1v) is 10.5. The lowest BCUT2D eigenvalue weighted by Crippen LogP contribution is -2.46. The maximum atomic E-state index is 12.7. The smallest absolute Gasteiger partial charge is 0.253 e. The molecule has 24 heavy (non-hydrogen) atoms. The van der Waals surface area contributed by atoms with Gasteiger partial charge in [-0.3, -0.25) is 4.18 Å². The number of alkyl halides is 3. The van der Waals surface area contributed by atoms with E-state index in [1.165, 1.54) is 4.31 Å². The van der Waals surface area contributed by atoms with Crippen LogP contribution >= 0.6 is 34.8 Å². The third-order valence-corrected chi connectivity index (χ3v) is 6.81. The van der Waals surface area contributed by atoms with Crippen LogP contribution in [0.3, 0.4) is 0 Å². The van der Waals surface area contributed by atoms with Crippen LogP contribution < -0.4 is 0 Å². The van der Waals surface area contributed by atoms with Crippen LogP contribution in [0.1, 0.15) is 43.6 Å². The fourth-order valence-electron chi connectivity index (χ4n) is 3.99. The Balaban J connectivity index is 1.85. The molecule has 0 unspecified atom stereocenters. The number of benzene rings is 1. The van der Waals surface area contributed by atoms with Gasteiger partial charge in [-0.1, -0.05) is 78.0 Å². The zero-order valence-corrected chi connectivity index (χ0v) is 16.2. The lowest BCUT2D eigenvalue weighted by Gasteiger charge is -2.33. The normalized spacial score (nSPS) is 24.7. The highest BCUT2D eigenvalue weighted by molar-refractivity contribution is 7.84. The van der Waals surface area contributed by atoms with E-state index in [0.29, 0.717) is 6.54 Å². The zero-order valence-electron chi connectivity index (χ0n) is 13.1. The Morgan fingerprint density at radius 2 is 1.79 bits per heavy atom. The molecule has 0 bridgehead atoms. The molecule has 2 aliphatic rings. The number of hydrogen-bond donors (Lipinski definition) is 0. The van der Waals surface area contributed by atoms with Crippen molar-refractivity contribution in [2.75, 3.05) is 13.2 Å². The molecular formula is C16H20Cl3NO3S. The molecule has 3 rings (SSSR count). The highest BCUT2D eigenvalue weighted by Gasteiger charge is 2.53. The Morgan fingerprint density at radius 1 is 1.17 bits per heavy atom. The SMILES string of the molecule is O=S(=O)(OCC(Cl)(Cl)Cl)N1C[C@@H](c2ccccc2)CC12CCCC2. The number of hydrogen-bond acceptors (Lipinski definition) is 3. The van der Waals surface area contributed by atoms with Crippen LogP contribution in [0.4, 0.5) is 0 Å². The summed E-state index contributed by atoms with van der Waals surface area (Å²) in [6.07, 6.45) is 4.57. The van der Waals surface area contributed by atoms with E-state index in [9.17, 15) is 8.42 Å². The molecule has 8 heteroatoms. The first kappa shape index (κ1) is 18.7. The average molecular weight is 413 g/mol. The summed E-state index contributed by atoms with van der Waals surface area (Å²) < 4.78 is 30.3. The van der Waals surface area contributed by atoms with Gasteiger partial charge < -0.3 is 0 Å². The van der Waals surface area contributed by atoms with E-state index in [1.54, 1.807) is 0 Å². The van der Waals surface area contributed by atoms with Crippen molar-refractivity contribution in [1.82, 2.24) is 4.31 Å². The quantitative estimate of drug-likeness (QED) is 0.688. The van der Waals surface area contributed by atoms with Crippen molar-refractivity contribution >= 4 is 45.1 Å². The summed E-state index contributed by atoms with van der Waals surface area (Å²) >= 11 is 16.9. The minimum atomic E-state index is -3.95. The third-order valence-electron chi connectivity index (χ3n) is 4.99. The molecule has 2 fully saturated rings. The van der Waals surface area contributed by atoms with E-state index in [4.69, 9.17) is 39.0 Å². The minimum Gasteiger partial charge on any atom is -0.253 e. The predicted molar refractivity (Wildman–Crippen MR) is 96.9 cm³/mol. The Hall–Kier alpha value is -0.0400. The predicted octanol–water partition coefficient (Wildman–Crippen LogP) is 4.42. The van der Waals surface area contributed by atoms with E-state index in [1.807, 2.05) is 30.3 Å². The van der Waals surface area contributed by atoms with Gasteiger partial charge in [-0.05, 0) is 30.7 Å². The first-order chi connectivity index (χ1) is 11.2. The van der Waals surface area contributed by atoms with Gasteiger partial charge >= 0.3 is 10.3 Å². The second-order valence-electron chi connectivity index (χ2n) is 6.61. The molecule has 0 amide bonds. The third kappa shape index (κ3) is 4.02. The minimum absolute atomic E-state index is 0.162. The van der Waals surface area contributed by atoms with Crippen molar-refractivity contribution in [1.29, 1.82) is 0 Å². The van der Waals surface area contributed by atoms with Gasteiger partial charge in [0.15, 0.2) is 0 Å². The zero-order chi connectivity index (χ0) is 17.4. The molecule has 1 spiro atoms. The van der Waals surface area contributed by atoms with Crippen LogP contribution in [-0.2, 0) is 14.5 Å². The summed E-state index contributed by atoms with van der Waals surface area (Å²) in [6, 6.07) is 10.0. The standard InChI is InChI=1S/C16H20Cl3NO3S/c17-16(18,19)12-23-24(21,22)20-11-14(13-6-2-1-3-7-13)10-15(20)8-4-5-9-15/h1-3,6-7,14H,4-5,8-12H2/t14-/m0/s1. The van der Waals surface area contributed by atoms with Gasteiger partial charge in [-0.15, -0.1) is 0 Å². The van der Waals surface area contributed by atoms with Crippen LogP contribution in [0.25, 0.3) is 0 Å². The first-order valence-electron chi connectivity index (χ1n) is 8.01. The average Bonchev–Trinajstić information content (AvgIpc) is 3.14. The molecule has 0 N–H and O–H groups in total. The van der Waals surface area contributed by atoms with Crippen molar-refractivity contribution < 1.29 is 12.6 Å². The van der Waals surface area contributed by atoms with E-state index < -0.39 is 20.7 Å². The molecule has 134 valence electrons. The van der Waals surface area contributed by atoms with Gasteiger partial charge in [0.25, 0.3) is 0 Å². The van der Waals surface area contributed by atoms with Gasteiger partial charge in [-0.25, -0.2) is 0 Å². The van der Waals surface area contributed by atoms with E-state index in [0.717, 1.165) is 37.7 Å². The van der Waals surface area contributed by atoms with Gasteiger partial charge in [-0.2, -0.15) is 12.7 Å². The molecule has 1 aliphatic heterocycles. The fraction of sp³-hybridized carbons (Fsp3) is 0.625. The van der Waals surface area contributed by atoms with Crippen LogP contribution in [-0.4, -0.2) is 35.2 Å². The van der Waals surface area contributed by atoms with Crippen LogP contribution in [0.2, 0.25) is 0 Å². The molecule has 1 heterocycles. The molecule has 1 aliphatic carbocycles. The van der Waals surface area contributed by atoms with E-state index >= 15 is 0 Å². The van der Waals surface area contributed by atoms with E-state index in [-0.39, 0.29) is 11.5 Å². The van der Waals surface area contributed by atoms with E-state index in [2.05, 4.69) is 0 Å². The van der Waals surface area contributed by atoms with Crippen molar-refractivity contribution in [3.63, 3.8) is 0 Å². The monoisotopic (exact) mass is 411 g/mol. The molecule has 1 saturated heterocycles. The maximum absolute atomic E-state index is 12.7. The molecule has 1 aromatic rings. The molecule has 0 aromatic heterocycles. The van der Waals surface area contributed by atoms with Crippen LogP contribution in [0.15, 0.2) is 30.3 Å². The Morgan fingerprint density at radius 3 is 2.38 bits per heavy atom. The van der Waals surface area contributed by atoms with Crippen LogP contribution in [0.5, 0.6) is 0 Å². The second kappa shape index (κ2) is 6.93. The number of halogens is 3. The molecule has 0 radical (unpaired) electrons. The topological polar surface area (TPSA) is 46.6 Å². The molecule has 4 nitrogen and oxygen atoms in total. The molecular weight excluding hydrogens is 393 g/mol. The number of rotatable bonds is 4. The highest BCUT2D eigenvalue weighted by atomic mass is 35.6. The Labute approximate surface area is 158 Å². The summed E-state index contributed by atoms with van der Waals surface area (Å²) in [5.41, 5.74) is 0.787. The summed E-state index contributed by atoms with van der Waals surface area (Å²) in [5.74, 6) is 0.162. The lowest BCUT2D eigenvalue weighted by atomic mass is 9.88.